The minimum Gasteiger partial charge on any atom is -0.368 e. The molecule has 1 aromatic carbocycles. The van der Waals surface area contributed by atoms with Gasteiger partial charge in [-0.15, -0.1) is 0 Å². The van der Waals surface area contributed by atoms with Crippen molar-refractivity contribution in [1.29, 1.82) is 0 Å². The fraction of sp³-hybridized carbons (Fsp3) is 0.647. The van der Waals surface area contributed by atoms with Gasteiger partial charge >= 0.3 is 0 Å². The molecule has 1 N–H and O–H groups in total. The molecule has 1 aromatic rings. The van der Waals surface area contributed by atoms with Crippen molar-refractivity contribution in [2.75, 3.05) is 11.4 Å². The van der Waals surface area contributed by atoms with E-state index in [2.05, 4.69) is 42.3 Å². The third kappa shape index (κ3) is 2.94. The van der Waals surface area contributed by atoms with Gasteiger partial charge in [0.05, 0.1) is 0 Å². The fourth-order valence-corrected chi connectivity index (χ4v) is 3.28. The van der Waals surface area contributed by atoms with Crippen molar-refractivity contribution in [3.05, 3.63) is 29.3 Å². The zero-order valence-corrected chi connectivity index (χ0v) is 12.3. The molecule has 1 unspecified atom stereocenters. The maximum absolute atomic E-state index is 3.60. The molecule has 1 heterocycles. The van der Waals surface area contributed by atoms with E-state index >= 15 is 0 Å². The molecule has 1 saturated heterocycles. The lowest BCUT2D eigenvalue weighted by atomic mass is 10.1. The van der Waals surface area contributed by atoms with Gasteiger partial charge < -0.3 is 10.2 Å². The molecule has 2 nitrogen and oxygen atoms in total. The van der Waals surface area contributed by atoms with E-state index in [0.717, 1.165) is 18.6 Å². The van der Waals surface area contributed by atoms with E-state index in [-0.39, 0.29) is 0 Å². The summed E-state index contributed by atoms with van der Waals surface area (Å²) in [5, 5.41) is 3.60. The Bertz CT molecular complexity index is 437. The Labute approximate surface area is 117 Å². The van der Waals surface area contributed by atoms with Gasteiger partial charge in [0.25, 0.3) is 0 Å². The maximum Gasteiger partial charge on any atom is 0.0398 e. The third-order valence-electron chi connectivity index (χ3n) is 4.59. The standard InChI is InChI=1S/C17H26N2/c1-3-16-5-4-10-19(16)17-9-6-14(11-13(17)2)12-18-15-7-8-15/h6,9,11,15-16,18H,3-5,7-8,10,12H2,1-2H3. The van der Waals surface area contributed by atoms with Crippen LogP contribution in [0.25, 0.3) is 0 Å². The zero-order valence-electron chi connectivity index (χ0n) is 12.3. The lowest BCUT2D eigenvalue weighted by Gasteiger charge is -2.28. The van der Waals surface area contributed by atoms with Crippen LogP contribution in [0, 0.1) is 6.92 Å². The number of nitrogens with one attached hydrogen (secondary N) is 1. The van der Waals surface area contributed by atoms with Gasteiger partial charge in [-0.05, 0) is 56.2 Å². The molecule has 19 heavy (non-hydrogen) atoms. The number of hydrogen-bond donors (Lipinski definition) is 1. The van der Waals surface area contributed by atoms with Crippen LogP contribution in [-0.2, 0) is 6.54 Å². The van der Waals surface area contributed by atoms with Gasteiger partial charge in [-0.2, -0.15) is 0 Å². The second-order valence-corrected chi connectivity index (χ2v) is 6.17. The van der Waals surface area contributed by atoms with Crippen LogP contribution in [0.2, 0.25) is 0 Å². The summed E-state index contributed by atoms with van der Waals surface area (Å²) in [6, 6.07) is 8.57. The molecule has 104 valence electrons. The van der Waals surface area contributed by atoms with Gasteiger partial charge in [-0.25, -0.2) is 0 Å². The lowest BCUT2D eigenvalue weighted by Crippen LogP contribution is -2.29. The smallest absolute Gasteiger partial charge is 0.0398 e. The number of hydrogen-bond acceptors (Lipinski definition) is 2. The Morgan fingerprint density at radius 3 is 2.79 bits per heavy atom. The molecule has 3 rings (SSSR count). The Hall–Kier alpha value is -1.02. The quantitative estimate of drug-likeness (QED) is 0.867. The Morgan fingerprint density at radius 1 is 1.26 bits per heavy atom. The highest BCUT2D eigenvalue weighted by Gasteiger charge is 2.24. The van der Waals surface area contributed by atoms with E-state index in [1.165, 1.54) is 55.5 Å². The summed E-state index contributed by atoms with van der Waals surface area (Å²) in [6.45, 7) is 6.84. The average molecular weight is 258 g/mol. The first-order valence-electron chi connectivity index (χ1n) is 7.87. The van der Waals surface area contributed by atoms with Crippen LogP contribution < -0.4 is 10.2 Å². The maximum atomic E-state index is 3.60. The number of anilines is 1. The molecule has 1 aliphatic heterocycles. The minimum absolute atomic E-state index is 0.758. The molecule has 2 aliphatic rings. The van der Waals surface area contributed by atoms with Crippen molar-refractivity contribution < 1.29 is 0 Å². The number of rotatable bonds is 5. The fourth-order valence-electron chi connectivity index (χ4n) is 3.28. The molecule has 0 aromatic heterocycles. The topological polar surface area (TPSA) is 15.3 Å². The number of benzene rings is 1. The van der Waals surface area contributed by atoms with E-state index < -0.39 is 0 Å². The average Bonchev–Trinajstić information content (AvgIpc) is 3.13. The van der Waals surface area contributed by atoms with Gasteiger partial charge in [-0.3, -0.25) is 0 Å². The molecule has 2 heteroatoms. The predicted molar refractivity (Wildman–Crippen MR) is 81.7 cm³/mol. The van der Waals surface area contributed by atoms with Crippen LogP contribution >= 0.6 is 0 Å². The van der Waals surface area contributed by atoms with Crippen molar-refractivity contribution >= 4 is 5.69 Å². The summed E-state index contributed by atoms with van der Waals surface area (Å²) in [7, 11) is 0. The molecule has 1 atom stereocenters. The monoisotopic (exact) mass is 258 g/mol. The lowest BCUT2D eigenvalue weighted by molar-refractivity contribution is 0.644. The summed E-state index contributed by atoms with van der Waals surface area (Å²) in [5.74, 6) is 0. The van der Waals surface area contributed by atoms with E-state index in [1.807, 2.05) is 0 Å². The summed E-state index contributed by atoms with van der Waals surface area (Å²) < 4.78 is 0. The van der Waals surface area contributed by atoms with Crippen LogP contribution in [0.4, 0.5) is 5.69 Å². The third-order valence-corrected chi connectivity index (χ3v) is 4.59. The highest BCUT2D eigenvalue weighted by atomic mass is 15.2. The van der Waals surface area contributed by atoms with Crippen LogP contribution in [0.3, 0.4) is 0 Å². The summed E-state index contributed by atoms with van der Waals surface area (Å²) >= 11 is 0. The summed E-state index contributed by atoms with van der Waals surface area (Å²) in [5.41, 5.74) is 4.33. The van der Waals surface area contributed by atoms with E-state index in [0.29, 0.717) is 0 Å². The van der Waals surface area contributed by atoms with Crippen molar-refractivity contribution in [3.63, 3.8) is 0 Å². The van der Waals surface area contributed by atoms with Crippen molar-refractivity contribution in [1.82, 2.24) is 5.32 Å². The molecule has 0 amide bonds. The van der Waals surface area contributed by atoms with Gasteiger partial charge in [0, 0.05) is 30.9 Å². The molecule has 1 saturated carbocycles. The Kier molecular flexibility index (Phi) is 3.79. The first-order valence-corrected chi connectivity index (χ1v) is 7.87. The van der Waals surface area contributed by atoms with Crippen LogP contribution in [0.5, 0.6) is 0 Å². The van der Waals surface area contributed by atoms with Crippen LogP contribution in [0.15, 0.2) is 18.2 Å². The van der Waals surface area contributed by atoms with Crippen LogP contribution in [0.1, 0.15) is 50.2 Å². The molecular weight excluding hydrogens is 232 g/mol. The first-order chi connectivity index (χ1) is 9.28. The van der Waals surface area contributed by atoms with Crippen molar-refractivity contribution in [3.8, 4) is 0 Å². The van der Waals surface area contributed by atoms with Crippen molar-refractivity contribution in [2.24, 2.45) is 0 Å². The van der Waals surface area contributed by atoms with Gasteiger partial charge in [0.15, 0.2) is 0 Å². The molecule has 1 aliphatic carbocycles. The Morgan fingerprint density at radius 2 is 2.11 bits per heavy atom. The van der Waals surface area contributed by atoms with Gasteiger partial charge in [0.2, 0.25) is 0 Å². The second-order valence-electron chi connectivity index (χ2n) is 6.17. The highest BCUT2D eigenvalue weighted by Crippen LogP contribution is 2.30. The second kappa shape index (κ2) is 5.54. The summed E-state index contributed by atoms with van der Waals surface area (Å²) in [4.78, 5) is 2.62. The van der Waals surface area contributed by atoms with Crippen molar-refractivity contribution in [2.45, 2.75) is 64.6 Å². The largest absolute Gasteiger partial charge is 0.368 e. The molecule has 0 bridgehead atoms. The summed E-state index contributed by atoms with van der Waals surface area (Å²) in [6.07, 6.45) is 6.71. The van der Waals surface area contributed by atoms with E-state index in [1.54, 1.807) is 0 Å². The SMILES string of the molecule is CCC1CCCN1c1ccc(CNC2CC2)cc1C. The molecule has 0 radical (unpaired) electrons. The minimum atomic E-state index is 0.758. The first kappa shape index (κ1) is 13.0. The van der Waals surface area contributed by atoms with Gasteiger partial charge in [-0.1, -0.05) is 19.1 Å². The number of aryl methyl sites for hydroxylation is 1. The normalized spacial score (nSPS) is 23.1. The Balaban J connectivity index is 1.71. The van der Waals surface area contributed by atoms with E-state index in [4.69, 9.17) is 0 Å². The van der Waals surface area contributed by atoms with E-state index in [9.17, 15) is 0 Å². The predicted octanol–water partition coefficient (Wildman–Crippen LogP) is 3.63. The van der Waals surface area contributed by atoms with Crippen LogP contribution in [-0.4, -0.2) is 18.6 Å². The zero-order chi connectivity index (χ0) is 13.2. The molecule has 2 fully saturated rings. The molecular formula is C17H26N2. The molecule has 0 spiro atoms. The number of nitrogens with zero attached hydrogens (tertiary/aromatic N) is 1. The van der Waals surface area contributed by atoms with Gasteiger partial charge in [0.1, 0.15) is 0 Å². The highest BCUT2D eigenvalue weighted by molar-refractivity contribution is 5.56.